The SMILES string of the molecule is COc1ccc(S(=O)(=O)c2c(Nc3cccc(Cl)c3)sc(C(=O)c3ccccc3)c2N)cc1. The zero-order valence-corrected chi connectivity index (χ0v) is 19.8. The van der Waals surface area contributed by atoms with Crippen LogP contribution >= 0.6 is 22.9 Å². The van der Waals surface area contributed by atoms with Gasteiger partial charge in [0.05, 0.1) is 17.7 Å². The van der Waals surface area contributed by atoms with Crippen LogP contribution in [-0.4, -0.2) is 21.3 Å². The molecule has 0 saturated carbocycles. The second-order valence-corrected chi connectivity index (χ2v) is 10.4. The average molecular weight is 499 g/mol. The second kappa shape index (κ2) is 9.27. The van der Waals surface area contributed by atoms with Crippen LogP contribution in [-0.2, 0) is 9.84 Å². The van der Waals surface area contributed by atoms with Gasteiger partial charge in [-0.25, -0.2) is 8.42 Å². The molecule has 3 aromatic carbocycles. The molecule has 0 atom stereocenters. The molecule has 3 N–H and O–H groups in total. The molecule has 0 spiro atoms. The summed E-state index contributed by atoms with van der Waals surface area (Å²) >= 11 is 7.07. The van der Waals surface area contributed by atoms with Crippen molar-refractivity contribution >= 4 is 54.9 Å². The number of hydrogen-bond donors (Lipinski definition) is 2. The molecule has 4 aromatic rings. The van der Waals surface area contributed by atoms with Crippen molar-refractivity contribution in [1.29, 1.82) is 0 Å². The van der Waals surface area contributed by atoms with E-state index in [2.05, 4.69) is 5.32 Å². The lowest BCUT2D eigenvalue weighted by molar-refractivity contribution is 0.104. The number of ketones is 1. The Morgan fingerprint density at radius 3 is 2.33 bits per heavy atom. The van der Waals surface area contributed by atoms with E-state index in [1.165, 1.54) is 19.2 Å². The monoisotopic (exact) mass is 498 g/mol. The molecule has 0 unspecified atom stereocenters. The fourth-order valence-electron chi connectivity index (χ4n) is 3.24. The maximum atomic E-state index is 13.6. The van der Waals surface area contributed by atoms with Crippen LogP contribution in [0.4, 0.5) is 16.4 Å². The van der Waals surface area contributed by atoms with Crippen molar-refractivity contribution in [3.05, 3.63) is 94.3 Å². The first-order valence-electron chi connectivity index (χ1n) is 9.75. The quantitative estimate of drug-likeness (QED) is 0.312. The molecule has 6 nitrogen and oxygen atoms in total. The summed E-state index contributed by atoms with van der Waals surface area (Å²) in [4.78, 5) is 13.2. The molecule has 0 fully saturated rings. The van der Waals surface area contributed by atoms with Crippen LogP contribution in [0.1, 0.15) is 15.2 Å². The molecule has 0 aliphatic rings. The highest BCUT2D eigenvalue weighted by Gasteiger charge is 2.31. The van der Waals surface area contributed by atoms with Gasteiger partial charge < -0.3 is 15.8 Å². The number of rotatable bonds is 7. The van der Waals surface area contributed by atoms with Gasteiger partial charge in [-0.1, -0.05) is 48.0 Å². The van der Waals surface area contributed by atoms with Gasteiger partial charge in [0.2, 0.25) is 15.6 Å². The average Bonchev–Trinajstić information content (AvgIpc) is 3.15. The Morgan fingerprint density at radius 1 is 1.00 bits per heavy atom. The van der Waals surface area contributed by atoms with E-state index >= 15 is 0 Å². The van der Waals surface area contributed by atoms with Crippen LogP contribution in [0.25, 0.3) is 0 Å². The molecule has 0 aliphatic heterocycles. The first kappa shape index (κ1) is 22.8. The van der Waals surface area contributed by atoms with Gasteiger partial charge in [-0.2, -0.15) is 0 Å². The fraction of sp³-hybridized carbons (Fsp3) is 0.0417. The molecule has 168 valence electrons. The number of sulfone groups is 1. The van der Waals surface area contributed by atoms with Crippen LogP contribution in [0.15, 0.2) is 88.7 Å². The fourth-order valence-corrected chi connectivity index (χ4v) is 6.36. The number of halogens is 1. The molecule has 1 aromatic heterocycles. The van der Waals surface area contributed by atoms with Crippen LogP contribution in [0.3, 0.4) is 0 Å². The smallest absolute Gasteiger partial charge is 0.211 e. The summed E-state index contributed by atoms with van der Waals surface area (Å²) in [6.45, 7) is 0. The van der Waals surface area contributed by atoms with Gasteiger partial charge in [-0.05, 0) is 42.5 Å². The standard InChI is InChI=1S/C24H19ClN2O4S2/c1-31-18-10-12-19(13-11-18)33(29,30)23-20(26)22(21(28)15-6-3-2-4-7-15)32-24(23)27-17-9-5-8-16(25)14-17/h2-14,27H,26H2,1H3. The molecule has 0 bridgehead atoms. The van der Waals surface area contributed by atoms with Crippen molar-refractivity contribution in [2.45, 2.75) is 9.79 Å². The Balaban J connectivity index is 1.87. The Bertz CT molecular complexity index is 1420. The Morgan fingerprint density at radius 2 is 1.70 bits per heavy atom. The van der Waals surface area contributed by atoms with Crippen LogP contribution < -0.4 is 15.8 Å². The highest BCUT2D eigenvalue weighted by atomic mass is 35.5. The minimum atomic E-state index is -4.07. The first-order chi connectivity index (χ1) is 15.8. The molecular weight excluding hydrogens is 480 g/mol. The van der Waals surface area contributed by atoms with Crippen LogP contribution in [0.5, 0.6) is 5.75 Å². The van der Waals surface area contributed by atoms with E-state index in [0.29, 0.717) is 22.0 Å². The van der Waals surface area contributed by atoms with E-state index in [-0.39, 0.29) is 31.1 Å². The second-order valence-electron chi connectivity index (χ2n) is 7.01. The van der Waals surface area contributed by atoms with E-state index in [0.717, 1.165) is 11.3 Å². The van der Waals surface area contributed by atoms with Gasteiger partial charge >= 0.3 is 0 Å². The van der Waals surface area contributed by atoms with Crippen LogP contribution in [0.2, 0.25) is 5.02 Å². The third kappa shape index (κ3) is 4.59. The van der Waals surface area contributed by atoms with Crippen molar-refractivity contribution in [2.24, 2.45) is 0 Å². The van der Waals surface area contributed by atoms with E-state index in [1.807, 2.05) is 0 Å². The maximum Gasteiger partial charge on any atom is 0.211 e. The summed E-state index contributed by atoms with van der Waals surface area (Å²) in [5.74, 6) is 0.160. The van der Waals surface area contributed by atoms with Gasteiger partial charge in [0.1, 0.15) is 20.5 Å². The Hall–Kier alpha value is -3.33. The number of nitrogens with two attached hydrogens (primary N) is 1. The molecule has 9 heteroatoms. The predicted octanol–water partition coefficient (Wildman–Crippen LogP) is 5.80. The number of nitrogen functional groups attached to an aromatic ring is 1. The topological polar surface area (TPSA) is 98.5 Å². The minimum Gasteiger partial charge on any atom is -0.497 e. The van der Waals surface area contributed by atoms with E-state index in [9.17, 15) is 13.2 Å². The number of ether oxygens (including phenoxy) is 1. The van der Waals surface area contributed by atoms with Crippen molar-refractivity contribution in [3.63, 3.8) is 0 Å². The third-order valence-electron chi connectivity index (χ3n) is 4.86. The van der Waals surface area contributed by atoms with Gasteiger partial charge in [-0.3, -0.25) is 4.79 Å². The molecule has 0 radical (unpaired) electrons. The number of carbonyl (C=O) groups excluding carboxylic acids is 1. The summed E-state index contributed by atoms with van der Waals surface area (Å²) < 4.78 is 32.3. The molecule has 1 heterocycles. The number of thiophene rings is 1. The number of hydrogen-bond acceptors (Lipinski definition) is 7. The zero-order chi connectivity index (χ0) is 23.6. The lowest BCUT2D eigenvalue weighted by Crippen LogP contribution is -2.08. The van der Waals surface area contributed by atoms with E-state index in [4.69, 9.17) is 22.1 Å². The van der Waals surface area contributed by atoms with E-state index in [1.54, 1.807) is 66.7 Å². The summed E-state index contributed by atoms with van der Waals surface area (Å²) in [7, 11) is -2.57. The number of benzene rings is 3. The largest absolute Gasteiger partial charge is 0.497 e. The Labute approximate surface area is 200 Å². The number of nitrogens with one attached hydrogen (secondary N) is 1. The number of anilines is 3. The molecule has 0 saturated heterocycles. The maximum absolute atomic E-state index is 13.6. The lowest BCUT2D eigenvalue weighted by Gasteiger charge is -2.10. The molecule has 33 heavy (non-hydrogen) atoms. The molecule has 0 amide bonds. The van der Waals surface area contributed by atoms with Gasteiger partial charge in [-0.15, -0.1) is 11.3 Å². The summed E-state index contributed by atoms with van der Waals surface area (Å²) in [5, 5.41) is 3.78. The van der Waals surface area contributed by atoms with Crippen molar-refractivity contribution < 1.29 is 17.9 Å². The minimum absolute atomic E-state index is 0.0284. The van der Waals surface area contributed by atoms with Crippen molar-refractivity contribution in [3.8, 4) is 5.75 Å². The third-order valence-corrected chi connectivity index (χ3v) is 8.20. The van der Waals surface area contributed by atoms with Crippen molar-refractivity contribution in [2.75, 3.05) is 18.2 Å². The zero-order valence-electron chi connectivity index (χ0n) is 17.4. The molecule has 0 aliphatic carbocycles. The van der Waals surface area contributed by atoms with Gasteiger partial charge in [0.15, 0.2) is 0 Å². The highest BCUT2D eigenvalue weighted by Crippen LogP contribution is 2.44. The number of methoxy groups -OCH3 is 1. The molecular formula is C24H19ClN2O4S2. The first-order valence-corrected chi connectivity index (χ1v) is 12.4. The molecule has 4 rings (SSSR count). The van der Waals surface area contributed by atoms with Crippen LogP contribution in [0, 0.1) is 0 Å². The summed E-state index contributed by atoms with van der Waals surface area (Å²) in [6, 6.07) is 21.4. The van der Waals surface area contributed by atoms with Gasteiger partial charge in [0, 0.05) is 16.3 Å². The predicted molar refractivity (Wildman–Crippen MR) is 132 cm³/mol. The number of carbonyl (C=O) groups is 1. The summed E-state index contributed by atoms with van der Waals surface area (Å²) in [6.07, 6.45) is 0. The van der Waals surface area contributed by atoms with Gasteiger partial charge in [0.25, 0.3) is 0 Å². The highest BCUT2D eigenvalue weighted by molar-refractivity contribution is 7.92. The lowest BCUT2D eigenvalue weighted by atomic mass is 10.1. The van der Waals surface area contributed by atoms with Crippen molar-refractivity contribution in [1.82, 2.24) is 0 Å². The van der Waals surface area contributed by atoms with E-state index < -0.39 is 9.84 Å². The normalized spacial score (nSPS) is 11.2. The summed E-state index contributed by atoms with van der Waals surface area (Å²) in [5.41, 5.74) is 7.20. The Kier molecular flexibility index (Phi) is 6.42.